The van der Waals surface area contributed by atoms with E-state index in [1.165, 1.54) is 17.8 Å². The molecule has 3 heterocycles. The highest BCUT2D eigenvalue weighted by molar-refractivity contribution is 7.99. The maximum Gasteiger partial charge on any atom is 0.282 e. The number of para-hydroxylation sites is 1. The summed E-state index contributed by atoms with van der Waals surface area (Å²) < 4.78 is 16.9. The number of hydrogen-bond donors (Lipinski definition) is 1. The highest BCUT2D eigenvalue weighted by Gasteiger charge is 2.33. The van der Waals surface area contributed by atoms with Gasteiger partial charge in [-0.15, -0.1) is 10.2 Å². The maximum atomic E-state index is 11.8. The van der Waals surface area contributed by atoms with Crippen LogP contribution in [0.15, 0.2) is 41.6 Å². The molecule has 0 fully saturated rings. The average molecular weight is 439 g/mol. The van der Waals surface area contributed by atoms with E-state index in [1.807, 2.05) is 24.3 Å². The van der Waals surface area contributed by atoms with Gasteiger partial charge in [0.25, 0.3) is 5.69 Å². The molecule has 5 rings (SSSR count). The Morgan fingerprint density at radius 2 is 2.03 bits per heavy atom. The third kappa shape index (κ3) is 3.56. The Kier molecular flexibility index (Phi) is 4.94. The van der Waals surface area contributed by atoms with Gasteiger partial charge in [-0.2, -0.15) is 4.98 Å². The molecular formula is C20H17N5O5S. The van der Waals surface area contributed by atoms with Crippen molar-refractivity contribution in [2.75, 3.05) is 17.9 Å². The molecule has 0 spiro atoms. The van der Waals surface area contributed by atoms with E-state index in [2.05, 4.69) is 27.4 Å². The SMILES string of the molecule is CCCSc1nnc2c(n1)O[C@@H](c1cc3c(cc1[N+](=O)[O-])OCO3)Nc1ccccc1-2. The molecule has 0 amide bonds. The lowest BCUT2D eigenvalue weighted by Crippen LogP contribution is -2.18. The number of fused-ring (bicyclic) bond motifs is 4. The summed E-state index contributed by atoms with van der Waals surface area (Å²) in [6, 6.07) is 10.4. The molecule has 31 heavy (non-hydrogen) atoms. The van der Waals surface area contributed by atoms with Crippen LogP contribution in [0.1, 0.15) is 25.1 Å². The molecule has 10 nitrogen and oxygen atoms in total. The monoisotopic (exact) mass is 439 g/mol. The molecule has 1 atom stereocenters. The number of rotatable bonds is 5. The number of nitrogens with zero attached hydrogens (tertiary/aromatic N) is 4. The molecule has 2 aromatic carbocycles. The third-order valence-corrected chi connectivity index (χ3v) is 5.81. The van der Waals surface area contributed by atoms with Crippen molar-refractivity contribution in [3.8, 4) is 28.6 Å². The first-order valence-electron chi connectivity index (χ1n) is 9.62. The van der Waals surface area contributed by atoms with E-state index in [4.69, 9.17) is 14.2 Å². The van der Waals surface area contributed by atoms with Crippen LogP contribution in [0, 0.1) is 10.1 Å². The number of thioether (sulfide) groups is 1. The van der Waals surface area contributed by atoms with Crippen LogP contribution >= 0.6 is 11.8 Å². The van der Waals surface area contributed by atoms with Crippen molar-refractivity contribution in [2.45, 2.75) is 24.7 Å². The van der Waals surface area contributed by atoms with E-state index in [0.29, 0.717) is 33.6 Å². The predicted octanol–water partition coefficient (Wildman–Crippen LogP) is 4.18. The number of nitro benzene ring substituents is 1. The zero-order valence-electron chi connectivity index (χ0n) is 16.4. The van der Waals surface area contributed by atoms with Gasteiger partial charge in [0.1, 0.15) is 0 Å². The molecule has 0 bridgehead atoms. The Morgan fingerprint density at radius 1 is 1.23 bits per heavy atom. The summed E-state index contributed by atoms with van der Waals surface area (Å²) in [5.41, 5.74) is 2.05. The number of hydrogen-bond acceptors (Lipinski definition) is 10. The Labute approximate surface area is 181 Å². The minimum atomic E-state index is -0.905. The summed E-state index contributed by atoms with van der Waals surface area (Å²) >= 11 is 1.47. The summed E-state index contributed by atoms with van der Waals surface area (Å²) in [4.78, 5) is 15.9. The van der Waals surface area contributed by atoms with E-state index < -0.39 is 11.2 Å². The second kappa shape index (κ2) is 7.91. The van der Waals surface area contributed by atoms with Gasteiger partial charge in [0.2, 0.25) is 24.1 Å². The Morgan fingerprint density at radius 3 is 2.84 bits per heavy atom. The molecule has 0 saturated carbocycles. The van der Waals surface area contributed by atoms with Crippen molar-refractivity contribution >= 4 is 23.1 Å². The Bertz CT molecular complexity index is 1170. The molecule has 0 aliphatic carbocycles. The Balaban J connectivity index is 1.63. The maximum absolute atomic E-state index is 11.8. The van der Waals surface area contributed by atoms with Gasteiger partial charge < -0.3 is 19.5 Å². The lowest BCUT2D eigenvalue weighted by molar-refractivity contribution is -0.386. The molecule has 2 aliphatic heterocycles. The fraction of sp³-hybridized carbons (Fsp3) is 0.250. The number of aromatic nitrogens is 3. The smallest absolute Gasteiger partial charge is 0.282 e. The first-order chi connectivity index (χ1) is 15.1. The average Bonchev–Trinajstić information content (AvgIpc) is 3.17. The van der Waals surface area contributed by atoms with Gasteiger partial charge >= 0.3 is 0 Å². The zero-order valence-corrected chi connectivity index (χ0v) is 17.2. The highest BCUT2D eigenvalue weighted by Crippen LogP contribution is 2.44. The summed E-state index contributed by atoms with van der Waals surface area (Å²) in [5, 5.41) is 24.1. The van der Waals surface area contributed by atoms with Crippen LogP contribution in [-0.2, 0) is 0 Å². The van der Waals surface area contributed by atoms with Gasteiger partial charge in [0, 0.05) is 17.0 Å². The molecule has 1 aromatic heterocycles. The van der Waals surface area contributed by atoms with Gasteiger partial charge in [0.15, 0.2) is 17.2 Å². The number of benzene rings is 2. The molecule has 11 heteroatoms. The van der Waals surface area contributed by atoms with Crippen LogP contribution in [0.4, 0.5) is 11.4 Å². The number of anilines is 1. The predicted molar refractivity (Wildman–Crippen MR) is 112 cm³/mol. The van der Waals surface area contributed by atoms with Crippen LogP contribution in [0.3, 0.4) is 0 Å². The van der Waals surface area contributed by atoms with Crippen LogP contribution in [-0.4, -0.2) is 32.7 Å². The topological polar surface area (TPSA) is 122 Å². The van der Waals surface area contributed by atoms with E-state index in [1.54, 1.807) is 6.07 Å². The minimum Gasteiger partial charge on any atom is -0.454 e. The van der Waals surface area contributed by atoms with Gasteiger partial charge in [-0.25, -0.2) is 0 Å². The van der Waals surface area contributed by atoms with Crippen LogP contribution in [0.5, 0.6) is 17.4 Å². The van der Waals surface area contributed by atoms with E-state index >= 15 is 0 Å². The van der Waals surface area contributed by atoms with Crippen molar-refractivity contribution < 1.29 is 19.1 Å². The first kappa shape index (κ1) is 19.4. The molecule has 0 saturated heterocycles. The Hall–Kier alpha value is -3.60. The normalized spacial score (nSPS) is 15.8. The van der Waals surface area contributed by atoms with Crippen LogP contribution in [0.2, 0.25) is 0 Å². The second-order valence-corrected chi connectivity index (χ2v) is 7.87. The zero-order chi connectivity index (χ0) is 21.4. The fourth-order valence-electron chi connectivity index (χ4n) is 3.36. The summed E-state index contributed by atoms with van der Waals surface area (Å²) in [5.74, 6) is 1.84. The van der Waals surface area contributed by atoms with Crippen molar-refractivity contribution in [2.24, 2.45) is 0 Å². The van der Waals surface area contributed by atoms with Crippen molar-refractivity contribution in [3.05, 3.63) is 52.1 Å². The fourth-order valence-corrected chi connectivity index (χ4v) is 3.99. The largest absolute Gasteiger partial charge is 0.454 e. The van der Waals surface area contributed by atoms with Crippen molar-refractivity contribution in [1.29, 1.82) is 0 Å². The summed E-state index contributed by atoms with van der Waals surface area (Å²) in [6.07, 6.45) is 0.0561. The molecule has 1 N–H and O–H groups in total. The molecular weight excluding hydrogens is 422 g/mol. The standard InChI is InChI=1S/C20H17N5O5S/c1-2-7-31-20-22-19-17(23-24-20)11-5-3-4-6-13(11)21-18(30-19)12-8-15-16(29-10-28-15)9-14(12)25(26)27/h3-6,8-9,18,21H,2,7,10H2,1H3/t18-/m0/s1. The summed E-state index contributed by atoms with van der Waals surface area (Å²) in [7, 11) is 0. The van der Waals surface area contributed by atoms with Crippen molar-refractivity contribution in [3.63, 3.8) is 0 Å². The molecule has 2 aliphatic rings. The van der Waals surface area contributed by atoms with Crippen LogP contribution in [0.25, 0.3) is 11.3 Å². The number of nitrogens with one attached hydrogen (secondary N) is 1. The number of ether oxygens (including phenoxy) is 3. The highest BCUT2D eigenvalue weighted by atomic mass is 32.2. The molecule has 3 aromatic rings. The lowest BCUT2D eigenvalue weighted by atomic mass is 10.1. The van der Waals surface area contributed by atoms with Gasteiger partial charge in [-0.3, -0.25) is 10.1 Å². The van der Waals surface area contributed by atoms with Crippen LogP contribution < -0.4 is 19.5 Å². The first-order valence-corrected chi connectivity index (χ1v) is 10.6. The van der Waals surface area contributed by atoms with E-state index in [-0.39, 0.29) is 18.4 Å². The quantitative estimate of drug-likeness (QED) is 0.352. The van der Waals surface area contributed by atoms with E-state index in [9.17, 15) is 10.1 Å². The molecule has 158 valence electrons. The van der Waals surface area contributed by atoms with E-state index in [0.717, 1.165) is 17.7 Å². The second-order valence-electron chi connectivity index (χ2n) is 6.81. The molecule has 0 radical (unpaired) electrons. The number of nitro groups is 1. The minimum absolute atomic E-state index is 0.00964. The lowest BCUT2D eigenvalue weighted by Gasteiger charge is -2.19. The van der Waals surface area contributed by atoms with Gasteiger partial charge in [0.05, 0.1) is 16.6 Å². The molecule has 0 unspecified atom stereocenters. The van der Waals surface area contributed by atoms with Gasteiger partial charge in [-0.1, -0.05) is 36.9 Å². The third-order valence-electron chi connectivity index (χ3n) is 4.77. The summed E-state index contributed by atoms with van der Waals surface area (Å²) in [6.45, 7) is 2.07. The van der Waals surface area contributed by atoms with Gasteiger partial charge in [-0.05, 0) is 18.6 Å². The van der Waals surface area contributed by atoms with Crippen molar-refractivity contribution in [1.82, 2.24) is 15.2 Å².